The van der Waals surface area contributed by atoms with Crippen molar-refractivity contribution in [1.29, 1.82) is 0 Å². The molecule has 0 atom stereocenters. The van der Waals surface area contributed by atoms with Crippen LogP contribution >= 0.6 is 11.8 Å². The van der Waals surface area contributed by atoms with Gasteiger partial charge in [0.2, 0.25) is 11.9 Å². The number of benzene rings is 2. The molecule has 4 rings (SSSR count). The predicted octanol–water partition coefficient (Wildman–Crippen LogP) is 3.68. The molecule has 0 radical (unpaired) electrons. The number of hydrogen-bond acceptors (Lipinski definition) is 7. The topological polar surface area (TPSA) is 94.5 Å². The van der Waals surface area contributed by atoms with Gasteiger partial charge in [-0.25, -0.2) is 4.98 Å². The number of nitrogens with two attached hydrogens (primary N) is 1. The molecule has 134 valence electrons. The normalized spacial score (nSPS) is 10.7. The van der Waals surface area contributed by atoms with E-state index >= 15 is 0 Å². The molecule has 0 aliphatic heterocycles. The smallest absolute Gasteiger partial charge is 0.232 e. The fraction of sp³-hybridized carbons (Fsp3) is 0.0526. The minimum absolute atomic E-state index is 0.186. The van der Waals surface area contributed by atoms with Gasteiger partial charge in [0.1, 0.15) is 5.82 Å². The Hall–Kier alpha value is -3.39. The number of anilines is 3. The van der Waals surface area contributed by atoms with E-state index in [-0.39, 0.29) is 5.95 Å². The summed E-state index contributed by atoms with van der Waals surface area (Å²) in [5, 5.41) is 4.00. The van der Waals surface area contributed by atoms with Gasteiger partial charge in [0.05, 0.1) is 5.75 Å². The zero-order valence-electron chi connectivity index (χ0n) is 14.4. The van der Waals surface area contributed by atoms with Crippen molar-refractivity contribution in [3.8, 4) is 5.69 Å². The highest BCUT2D eigenvalue weighted by Crippen LogP contribution is 2.23. The standard InChI is InChI=1S/C19H17N7S/c20-17-23-16(24-18(25-17)22-14-7-3-1-4-8-14)13-27-19-21-11-12-26(19)15-9-5-2-6-10-15/h1-12H,13H2,(H3,20,22,23,24,25). The second kappa shape index (κ2) is 7.88. The van der Waals surface area contributed by atoms with Crippen molar-refractivity contribution in [1.82, 2.24) is 24.5 Å². The number of imidazole rings is 1. The van der Waals surface area contributed by atoms with Crippen LogP contribution in [-0.4, -0.2) is 24.5 Å². The number of nitrogens with one attached hydrogen (secondary N) is 1. The van der Waals surface area contributed by atoms with E-state index in [9.17, 15) is 0 Å². The van der Waals surface area contributed by atoms with Gasteiger partial charge in [-0.3, -0.25) is 4.57 Å². The minimum atomic E-state index is 0.186. The first-order chi connectivity index (χ1) is 13.3. The van der Waals surface area contributed by atoms with E-state index in [4.69, 9.17) is 5.73 Å². The van der Waals surface area contributed by atoms with E-state index in [2.05, 4.69) is 25.3 Å². The van der Waals surface area contributed by atoms with E-state index < -0.39 is 0 Å². The molecule has 0 bridgehead atoms. The third kappa shape index (κ3) is 4.24. The molecule has 0 amide bonds. The Balaban J connectivity index is 1.50. The highest BCUT2D eigenvalue weighted by molar-refractivity contribution is 7.98. The lowest BCUT2D eigenvalue weighted by molar-refractivity contribution is 0.891. The van der Waals surface area contributed by atoms with Gasteiger partial charge in [-0.05, 0) is 24.3 Å². The molecule has 4 aromatic rings. The third-order valence-corrected chi connectivity index (χ3v) is 4.66. The van der Waals surface area contributed by atoms with E-state index in [0.717, 1.165) is 16.5 Å². The van der Waals surface area contributed by atoms with Crippen molar-refractivity contribution in [3.05, 3.63) is 78.9 Å². The van der Waals surface area contributed by atoms with Crippen LogP contribution in [0.4, 0.5) is 17.6 Å². The summed E-state index contributed by atoms with van der Waals surface area (Å²) in [6.45, 7) is 0. The lowest BCUT2D eigenvalue weighted by atomic mass is 10.3. The highest BCUT2D eigenvalue weighted by atomic mass is 32.2. The average Bonchev–Trinajstić information content (AvgIpc) is 3.16. The highest BCUT2D eigenvalue weighted by Gasteiger charge is 2.09. The maximum atomic E-state index is 5.85. The Morgan fingerprint density at radius 1 is 0.926 bits per heavy atom. The van der Waals surface area contributed by atoms with Crippen molar-refractivity contribution < 1.29 is 0 Å². The molecule has 8 heteroatoms. The SMILES string of the molecule is Nc1nc(CSc2nccn2-c2ccccc2)nc(Nc2ccccc2)n1. The minimum Gasteiger partial charge on any atom is -0.368 e. The van der Waals surface area contributed by atoms with Crippen LogP contribution in [0.1, 0.15) is 5.82 Å². The summed E-state index contributed by atoms with van der Waals surface area (Å²) in [4.78, 5) is 17.3. The number of rotatable bonds is 6. The molecule has 0 saturated carbocycles. The van der Waals surface area contributed by atoms with Crippen molar-refractivity contribution in [2.75, 3.05) is 11.1 Å². The van der Waals surface area contributed by atoms with Crippen LogP contribution in [0.25, 0.3) is 5.69 Å². The Morgan fingerprint density at radius 3 is 2.44 bits per heavy atom. The van der Waals surface area contributed by atoms with Crippen molar-refractivity contribution in [2.24, 2.45) is 0 Å². The molecule has 0 saturated heterocycles. The van der Waals surface area contributed by atoms with Crippen molar-refractivity contribution >= 4 is 29.3 Å². The average molecular weight is 375 g/mol. The zero-order chi connectivity index (χ0) is 18.5. The van der Waals surface area contributed by atoms with Crippen LogP contribution in [0.3, 0.4) is 0 Å². The molecule has 0 fully saturated rings. The van der Waals surface area contributed by atoms with Gasteiger partial charge in [0.15, 0.2) is 5.16 Å². The first kappa shape index (κ1) is 17.0. The molecule has 7 nitrogen and oxygen atoms in total. The van der Waals surface area contributed by atoms with Gasteiger partial charge in [-0.1, -0.05) is 48.2 Å². The molecule has 2 heterocycles. The molecule has 0 aliphatic rings. The summed E-state index contributed by atoms with van der Waals surface area (Å²) in [6.07, 6.45) is 3.71. The number of nitrogens with zero attached hydrogens (tertiary/aromatic N) is 5. The van der Waals surface area contributed by atoms with Crippen molar-refractivity contribution in [2.45, 2.75) is 10.9 Å². The monoisotopic (exact) mass is 375 g/mol. The molecular formula is C19H17N7S. The molecule has 0 spiro atoms. The van der Waals surface area contributed by atoms with Gasteiger partial charge in [-0.15, -0.1) is 0 Å². The molecule has 2 aromatic carbocycles. The second-order valence-corrected chi connectivity index (χ2v) is 6.57. The Kier molecular flexibility index (Phi) is 4.97. The summed E-state index contributed by atoms with van der Waals surface area (Å²) in [5.41, 5.74) is 7.80. The van der Waals surface area contributed by atoms with E-state index in [1.165, 1.54) is 0 Å². The van der Waals surface area contributed by atoms with Crippen LogP contribution in [0.5, 0.6) is 0 Å². The van der Waals surface area contributed by atoms with Gasteiger partial charge in [-0.2, -0.15) is 15.0 Å². The molecule has 27 heavy (non-hydrogen) atoms. The van der Waals surface area contributed by atoms with Crippen molar-refractivity contribution in [3.63, 3.8) is 0 Å². The first-order valence-electron chi connectivity index (χ1n) is 8.32. The van der Waals surface area contributed by atoms with E-state index in [0.29, 0.717) is 17.5 Å². The molecule has 0 unspecified atom stereocenters. The zero-order valence-corrected chi connectivity index (χ0v) is 15.2. The molecular weight excluding hydrogens is 358 g/mol. The summed E-state index contributed by atoms with van der Waals surface area (Å²) in [7, 11) is 0. The maximum absolute atomic E-state index is 5.85. The van der Waals surface area contributed by atoms with Crippen LogP contribution in [0.2, 0.25) is 0 Å². The van der Waals surface area contributed by atoms with Crippen LogP contribution in [0, 0.1) is 0 Å². The predicted molar refractivity (Wildman–Crippen MR) is 107 cm³/mol. The molecule has 2 aromatic heterocycles. The first-order valence-corrected chi connectivity index (χ1v) is 9.30. The van der Waals surface area contributed by atoms with Crippen LogP contribution in [0.15, 0.2) is 78.2 Å². The van der Waals surface area contributed by atoms with Gasteiger partial charge >= 0.3 is 0 Å². The molecule has 0 aliphatic carbocycles. The maximum Gasteiger partial charge on any atom is 0.232 e. The number of nitrogen functional groups attached to an aromatic ring is 1. The largest absolute Gasteiger partial charge is 0.368 e. The number of thioether (sulfide) groups is 1. The van der Waals surface area contributed by atoms with Gasteiger partial charge < -0.3 is 11.1 Å². The lowest BCUT2D eigenvalue weighted by Crippen LogP contribution is -2.06. The number of aromatic nitrogens is 5. The fourth-order valence-corrected chi connectivity index (χ4v) is 3.35. The van der Waals surface area contributed by atoms with E-state index in [1.807, 2.05) is 71.4 Å². The summed E-state index contributed by atoms with van der Waals surface area (Å²) >= 11 is 1.54. The fourth-order valence-electron chi connectivity index (χ4n) is 2.52. The summed E-state index contributed by atoms with van der Waals surface area (Å²) in [5.74, 6) is 1.73. The number of para-hydroxylation sites is 2. The molecule has 3 N–H and O–H groups in total. The summed E-state index contributed by atoms with van der Waals surface area (Å²) in [6, 6.07) is 19.8. The van der Waals surface area contributed by atoms with Gasteiger partial charge in [0, 0.05) is 23.8 Å². The van der Waals surface area contributed by atoms with Gasteiger partial charge in [0.25, 0.3) is 0 Å². The number of hydrogen-bond donors (Lipinski definition) is 2. The Morgan fingerprint density at radius 2 is 1.67 bits per heavy atom. The summed E-state index contributed by atoms with van der Waals surface area (Å²) < 4.78 is 2.03. The third-order valence-electron chi connectivity index (χ3n) is 3.70. The quantitative estimate of drug-likeness (QED) is 0.496. The van der Waals surface area contributed by atoms with Crippen LogP contribution in [-0.2, 0) is 5.75 Å². The van der Waals surface area contributed by atoms with Crippen LogP contribution < -0.4 is 11.1 Å². The van der Waals surface area contributed by atoms with E-state index in [1.54, 1.807) is 18.0 Å². The lowest BCUT2D eigenvalue weighted by Gasteiger charge is -2.08. The Labute approximate surface area is 160 Å². The Bertz CT molecular complexity index is 1020. The second-order valence-electron chi connectivity index (χ2n) is 5.63.